The highest BCUT2D eigenvalue weighted by atomic mass is 35.5. The summed E-state index contributed by atoms with van der Waals surface area (Å²) in [6, 6.07) is 7.43. The van der Waals surface area contributed by atoms with E-state index < -0.39 is 39.1 Å². The van der Waals surface area contributed by atoms with Crippen LogP contribution in [0.15, 0.2) is 41.3 Å². The molecular weight excluding hydrogens is 455 g/mol. The first-order chi connectivity index (χ1) is 15.0. The Balaban J connectivity index is 1.81. The third-order valence-electron chi connectivity index (χ3n) is 6.36. The second-order valence-electron chi connectivity index (χ2n) is 9.00. The molecule has 9 heteroatoms. The molecule has 0 spiro atoms. The molecule has 1 heterocycles. The Morgan fingerprint density at radius 3 is 2.50 bits per heavy atom. The molecule has 0 saturated heterocycles. The molecule has 0 radical (unpaired) electrons. The molecule has 0 aromatic heterocycles. The van der Waals surface area contributed by atoms with Crippen LogP contribution in [0.25, 0.3) is 0 Å². The fraction of sp³-hybridized carbons (Fsp3) is 0.391. The molecule has 1 saturated carbocycles. The Hall–Kier alpha value is -2.29. The SMILES string of the molecule is CC1(CC(=O)c2cc3c(cc2F)S(=O)(=O)C[C@H](N)C(=O)N3Cc2ccc(Cl)cc2)CCC1. The number of halogens is 2. The van der Waals surface area contributed by atoms with E-state index in [2.05, 4.69) is 0 Å². The van der Waals surface area contributed by atoms with Gasteiger partial charge in [-0.2, -0.15) is 0 Å². The van der Waals surface area contributed by atoms with E-state index in [1.54, 1.807) is 24.3 Å². The van der Waals surface area contributed by atoms with Gasteiger partial charge in [0.2, 0.25) is 5.91 Å². The monoisotopic (exact) mass is 478 g/mol. The van der Waals surface area contributed by atoms with Gasteiger partial charge in [0.1, 0.15) is 5.82 Å². The topological polar surface area (TPSA) is 97.5 Å². The van der Waals surface area contributed by atoms with Crippen LogP contribution in [-0.2, 0) is 21.2 Å². The van der Waals surface area contributed by atoms with E-state index in [-0.39, 0.29) is 34.5 Å². The summed E-state index contributed by atoms with van der Waals surface area (Å²) in [4.78, 5) is 26.9. The number of anilines is 1. The Morgan fingerprint density at radius 1 is 1.25 bits per heavy atom. The molecule has 6 nitrogen and oxygen atoms in total. The average Bonchev–Trinajstić information content (AvgIpc) is 2.76. The average molecular weight is 479 g/mol. The van der Waals surface area contributed by atoms with E-state index in [1.807, 2.05) is 6.92 Å². The number of benzene rings is 2. The van der Waals surface area contributed by atoms with Crippen LogP contribution >= 0.6 is 11.6 Å². The maximum Gasteiger partial charge on any atom is 0.245 e. The third-order valence-corrected chi connectivity index (χ3v) is 8.41. The van der Waals surface area contributed by atoms with Gasteiger partial charge in [0, 0.05) is 11.4 Å². The smallest absolute Gasteiger partial charge is 0.245 e. The van der Waals surface area contributed by atoms with Crippen molar-refractivity contribution in [3.63, 3.8) is 0 Å². The van der Waals surface area contributed by atoms with Gasteiger partial charge in [-0.3, -0.25) is 9.59 Å². The van der Waals surface area contributed by atoms with Crippen molar-refractivity contribution in [3.8, 4) is 0 Å². The highest BCUT2D eigenvalue weighted by Gasteiger charge is 2.39. The van der Waals surface area contributed by atoms with Gasteiger partial charge < -0.3 is 10.6 Å². The second kappa shape index (κ2) is 8.24. The molecule has 1 aliphatic heterocycles. The highest BCUT2D eigenvalue weighted by Crippen LogP contribution is 2.44. The molecule has 1 fully saturated rings. The zero-order valence-electron chi connectivity index (χ0n) is 17.6. The number of Topliss-reactive ketones (excluding diaryl/α,β-unsaturated/α-hetero) is 1. The lowest BCUT2D eigenvalue weighted by Gasteiger charge is -2.37. The summed E-state index contributed by atoms with van der Waals surface area (Å²) in [6.45, 7) is 1.98. The number of sulfone groups is 1. The van der Waals surface area contributed by atoms with E-state index in [4.69, 9.17) is 17.3 Å². The predicted octanol–water partition coefficient (Wildman–Crippen LogP) is 3.89. The van der Waals surface area contributed by atoms with Gasteiger partial charge in [-0.15, -0.1) is 0 Å². The Labute approximate surface area is 191 Å². The number of amides is 1. The summed E-state index contributed by atoms with van der Waals surface area (Å²) in [7, 11) is -4.05. The van der Waals surface area contributed by atoms with Crippen LogP contribution in [0.3, 0.4) is 0 Å². The fourth-order valence-corrected chi connectivity index (χ4v) is 6.00. The first-order valence-electron chi connectivity index (χ1n) is 10.4. The van der Waals surface area contributed by atoms with E-state index in [0.29, 0.717) is 10.6 Å². The van der Waals surface area contributed by atoms with Crippen molar-refractivity contribution in [2.75, 3.05) is 10.7 Å². The molecule has 0 unspecified atom stereocenters. The normalized spacial score (nSPS) is 21.4. The number of nitrogens with zero attached hydrogens (tertiary/aromatic N) is 1. The lowest BCUT2D eigenvalue weighted by atomic mass is 9.67. The van der Waals surface area contributed by atoms with Crippen LogP contribution < -0.4 is 10.6 Å². The maximum absolute atomic E-state index is 15.0. The van der Waals surface area contributed by atoms with E-state index >= 15 is 0 Å². The number of rotatable bonds is 5. The molecule has 1 aliphatic carbocycles. The van der Waals surface area contributed by atoms with E-state index in [0.717, 1.165) is 25.3 Å². The zero-order valence-corrected chi connectivity index (χ0v) is 19.2. The summed E-state index contributed by atoms with van der Waals surface area (Å²) in [6.07, 6.45) is 2.96. The van der Waals surface area contributed by atoms with Crippen molar-refractivity contribution in [1.29, 1.82) is 0 Å². The molecule has 1 atom stereocenters. The van der Waals surface area contributed by atoms with Crippen molar-refractivity contribution in [3.05, 3.63) is 58.4 Å². The van der Waals surface area contributed by atoms with Crippen LogP contribution in [0, 0.1) is 11.2 Å². The van der Waals surface area contributed by atoms with E-state index in [1.165, 1.54) is 11.0 Å². The fourth-order valence-electron chi connectivity index (χ4n) is 4.31. The van der Waals surface area contributed by atoms with Crippen molar-refractivity contribution in [2.24, 2.45) is 11.1 Å². The van der Waals surface area contributed by atoms with Crippen molar-refractivity contribution < 1.29 is 22.4 Å². The maximum atomic E-state index is 15.0. The minimum Gasteiger partial charge on any atom is -0.319 e. The molecule has 2 aromatic carbocycles. The van der Waals surface area contributed by atoms with Gasteiger partial charge in [0.05, 0.1) is 34.5 Å². The summed E-state index contributed by atoms with van der Waals surface area (Å²) >= 11 is 5.93. The largest absolute Gasteiger partial charge is 0.319 e. The summed E-state index contributed by atoms with van der Waals surface area (Å²) in [5.41, 5.74) is 6.16. The number of hydrogen-bond acceptors (Lipinski definition) is 5. The lowest BCUT2D eigenvalue weighted by Crippen LogP contribution is -2.45. The lowest BCUT2D eigenvalue weighted by molar-refractivity contribution is -0.119. The van der Waals surface area contributed by atoms with Crippen LogP contribution in [0.4, 0.5) is 10.1 Å². The standard InChI is InChI=1S/C23H24ClFN2O4S/c1-23(7-2-8-23)11-20(28)16-9-19-21(10-17(16)25)32(30,31)13-18(26)22(29)27(19)12-14-3-5-15(24)6-4-14/h3-6,9-10,18H,2,7-8,11-13,26H2,1H3/t18-/m0/s1. The predicted molar refractivity (Wildman–Crippen MR) is 120 cm³/mol. The van der Waals surface area contributed by atoms with Gasteiger partial charge >= 0.3 is 0 Å². The number of ketones is 1. The first kappa shape index (κ1) is 22.9. The quantitative estimate of drug-likeness (QED) is 0.657. The molecule has 32 heavy (non-hydrogen) atoms. The molecule has 4 rings (SSSR count). The summed E-state index contributed by atoms with van der Waals surface area (Å²) in [5, 5.41) is 0.509. The molecule has 2 N–H and O–H groups in total. The Bertz CT molecular complexity index is 1190. The number of carbonyl (C=O) groups is 2. The van der Waals surface area contributed by atoms with Gasteiger partial charge in [-0.05, 0) is 48.1 Å². The minimum atomic E-state index is -4.05. The summed E-state index contributed by atoms with van der Waals surface area (Å²) < 4.78 is 40.7. The summed E-state index contributed by atoms with van der Waals surface area (Å²) in [5.74, 6) is -2.56. The first-order valence-corrected chi connectivity index (χ1v) is 12.4. The Morgan fingerprint density at radius 2 is 1.91 bits per heavy atom. The Kier molecular flexibility index (Phi) is 5.90. The van der Waals surface area contributed by atoms with Crippen LogP contribution in [0.2, 0.25) is 5.02 Å². The number of fused-ring (bicyclic) bond motifs is 1. The molecule has 170 valence electrons. The highest BCUT2D eigenvalue weighted by molar-refractivity contribution is 7.91. The van der Waals surface area contributed by atoms with Gasteiger partial charge in [0.25, 0.3) is 0 Å². The number of hydrogen-bond donors (Lipinski definition) is 1. The molecule has 2 aliphatic rings. The van der Waals surface area contributed by atoms with Crippen LogP contribution in [0.5, 0.6) is 0 Å². The van der Waals surface area contributed by atoms with E-state index in [9.17, 15) is 22.4 Å². The molecule has 2 aromatic rings. The van der Waals surface area contributed by atoms with Gasteiger partial charge in [0.15, 0.2) is 15.6 Å². The minimum absolute atomic E-state index is 0.00317. The molecule has 0 bridgehead atoms. The van der Waals surface area contributed by atoms with Gasteiger partial charge in [-0.1, -0.05) is 37.1 Å². The second-order valence-corrected chi connectivity index (χ2v) is 11.4. The molecule has 1 amide bonds. The number of nitrogens with two attached hydrogens (primary N) is 1. The van der Waals surface area contributed by atoms with Crippen molar-refractivity contribution >= 4 is 38.8 Å². The zero-order chi connectivity index (χ0) is 23.3. The van der Waals surface area contributed by atoms with Gasteiger partial charge in [-0.25, -0.2) is 12.8 Å². The molecular formula is C23H24ClFN2O4S. The number of carbonyl (C=O) groups excluding carboxylic acids is 2. The van der Waals surface area contributed by atoms with Crippen LogP contribution in [-0.4, -0.2) is 31.9 Å². The third kappa shape index (κ3) is 4.31. The van der Waals surface area contributed by atoms with Crippen molar-refractivity contribution in [2.45, 2.75) is 50.1 Å². The van der Waals surface area contributed by atoms with Crippen molar-refractivity contribution in [1.82, 2.24) is 0 Å². The van der Waals surface area contributed by atoms with Crippen LogP contribution in [0.1, 0.15) is 48.5 Å².